The van der Waals surface area contributed by atoms with Gasteiger partial charge in [0.05, 0.1) is 10.9 Å². The average molecular weight is 412 g/mol. The normalized spacial score (nSPS) is 18.6. The Hall–Kier alpha value is -1.42. The van der Waals surface area contributed by atoms with Crippen LogP contribution >= 0.6 is 23.1 Å². The SMILES string of the molecule is CSc1cc(NC(=O)C2CCCN(S(=O)(=O)c3ccc(C)s3)C2)ccn1. The van der Waals surface area contributed by atoms with Gasteiger partial charge in [0, 0.05) is 29.9 Å². The first-order chi connectivity index (χ1) is 12.4. The molecule has 1 saturated heterocycles. The Morgan fingerprint density at radius 3 is 2.88 bits per heavy atom. The van der Waals surface area contributed by atoms with E-state index in [2.05, 4.69) is 10.3 Å². The number of thioether (sulfide) groups is 1. The smallest absolute Gasteiger partial charge is 0.252 e. The van der Waals surface area contributed by atoms with Crippen molar-refractivity contribution in [3.05, 3.63) is 35.3 Å². The van der Waals surface area contributed by atoms with E-state index in [0.29, 0.717) is 29.3 Å². The Balaban J connectivity index is 1.70. The summed E-state index contributed by atoms with van der Waals surface area (Å²) in [6, 6.07) is 7.00. The summed E-state index contributed by atoms with van der Waals surface area (Å²) in [4.78, 5) is 17.8. The minimum absolute atomic E-state index is 0.148. The fourth-order valence-electron chi connectivity index (χ4n) is 2.90. The number of nitrogens with zero attached hydrogens (tertiary/aromatic N) is 2. The minimum atomic E-state index is -3.53. The monoisotopic (exact) mass is 411 g/mol. The molecule has 0 bridgehead atoms. The molecule has 9 heteroatoms. The van der Waals surface area contributed by atoms with Gasteiger partial charge in [-0.25, -0.2) is 13.4 Å². The van der Waals surface area contributed by atoms with Gasteiger partial charge in [-0.15, -0.1) is 23.1 Å². The first-order valence-corrected chi connectivity index (χ1v) is 11.8. The van der Waals surface area contributed by atoms with Crippen LogP contribution in [-0.4, -0.2) is 43.0 Å². The lowest BCUT2D eigenvalue weighted by Crippen LogP contribution is -2.43. The van der Waals surface area contributed by atoms with Crippen LogP contribution < -0.4 is 5.32 Å². The van der Waals surface area contributed by atoms with Gasteiger partial charge in [-0.2, -0.15) is 4.31 Å². The van der Waals surface area contributed by atoms with E-state index in [4.69, 9.17) is 0 Å². The molecule has 0 aromatic carbocycles. The summed E-state index contributed by atoms with van der Waals surface area (Å²) in [5, 5.41) is 3.71. The molecule has 2 aromatic heterocycles. The molecule has 26 heavy (non-hydrogen) atoms. The molecule has 1 amide bonds. The van der Waals surface area contributed by atoms with Crippen LogP contribution in [0.4, 0.5) is 5.69 Å². The van der Waals surface area contributed by atoms with E-state index in [1.54, 1.807) is 24.4 Å². The Morgan fingerprint density at radius 1 is 1.38 bits per heavy atom. The molecule has 6 nitrogen and oxygen atoms in total. The van der Waals surface area contributed by atoms with Crippen LogP contribution in [0.15, 0.2) is 39.7 Å². The predicted molar refractivity (Wildman–Crippen MR) is 105 cm³/mol. The van der Waals surface area contributed by atoms with Crippen molar-refractivity contribution in [3.8, 4) is 0 Å². The largest absolute Gasteiger partial charge is 0.326 e. The van der Waals surface area contributed by atoms with Crippen molar-refractivity contribution in [1.29, 1.82) is 0 Å². The van der Waals surface area contributed by atoms with Gasteiger partial charge in [0.1, 0.15) is 4.21 Å². The van der Waals surface area contributed by atoms with E-state index < -0.39 is 10.0 Å². The van der Waals surface area contributed by atoms with Crippen molar-refractivity contribution < 1.29 is 13.2 Å². The van der Waals surface area contributed by atoms with Gasteiger partial charge in [0.2, 0.25) is 5.91 Å². The summed E-state index contributed by atoms with van der Waals surface area (Å²) in [5.74, 6) is -0.504. The highest BCUT2D eigenvalue weighted by Crippen LogP contribution is 2.28. The van der Waals surface area contributed by atoms with Crippen molar-refractivity contribution >= 4 is 44.7 Å². The molecular formula is C17H21N3O3S3. The molecule has 140 valence electrons. The molecule has 0 aliphatic carbocycles. The maximum atomic E-state index is 12.8. The van der Waals surface area contributed by atoms with Gasteiger partial charge in [-0.3, -0.25) is 4.79 Å². The molecule has 0 radical (unpaired) electrons. The first-order valence-electron chi connectivity index (χ1n) is 8.27. The molecule has 3 rings (SSSR count). The standard InChI is InChI=1S/C17H21N3O3S3/c1-12-5-6-16(25-12)26(22,23)20-9-3-4-13(11-20)17(21)19-14-7-8-18-15(10-14)24-2/h5-8,10,13H,3-4,9,11H2,1-2H3,(H,18,19,21). The highest BCUT2D eigenvalue weighted by atomic mass is 32.2. The topological polar surface area (TPSA) is 79.4 Å². The van der Waals surface area contributed by atoms with Crippen LogP contribution in [0.5, 0.6) is 0 Å². The molecule has 1 unspecified atom stereocenters. The van der Waals surface area contributed by atoms with E-state index in [1.165, 1.54) is 27.4 Å². The maximum Gasteiger partial charge on any atom is 0.252 e. The molecule has 2 aromatic rings. The fraction of sp³-hybridized carbons (Fsp3) is 0.412. The Kier molecular flexibility index (Phi) is 6.01. The molecule has 0 saturated carbocycles. The fourth-order valence-corrected chi connectivity index (χ4v) is 6.27. The number of carbonyl (C=O) groups is 1. The Bertz CT molecular complexity index is 895. The van der Waals surface area contributed by atoms with Crippen molar-refractivity contribution in [3.63, 3.8) is 0 Å². The van der Waals surface area contributed by atoms with Gasteiger partial charge in [-0.05, 0) is 50.3 Å². The van der Waals surface area contributed by atoms with Gasteiger partial charge in [0.15, 0.2) is 0 Å². The summed E-state index contributed by atoms with van der Waals surface area (Å²) in [6.45, 7) is 2.55. The molecule has 0 spiro atoms. The summed E-state index contributed by atoms with van der Waals surface area (Å²) < 4.78 is 27.4. The number of nitrogens with one attached hydrogen (secondary N) is 1. The summed E-state index contributed by atoms with van der Waals surface area (Å²) in [7, 11) is -3.53. The summed E-state index contributed by atoms with van der Waals surface area (Å²) >= 11 is 2.77. The van der Waals surface area contributed by atoms with E-state index in [0.717, 1.165) is 9.90 Å². The number of rotatable bonds is 5. The van der Waals surface area contributed by atoms with Crippen LogP contribution in [0.2, 0.25) is 0 Å². The maximum absolute atomic E-state index is 12.8. The third-order valence-electron chi connectivity index (χ3n) is 4.28. The number of hydrogen-bond donors (Lipinski definition) is 1. The number of piperidine rings is 1. The van der Waals surface area contributed by atoms with Crippen molar-refractivity contribution in [2.75, 3.05) is 24.7 Å². The van der Waals surface area contributed by atoms with E-state index in [-0.39, 0.29) is 18.4 Å². The molecular weight excluding hydrogens is 390 g/mol. The third-order valence-corrected chi connectivity index (χ3v) is 8.25. The second-order valence-electron chi connectivity index (χ2n) is 6.14. The second kappa shape index (κ2) is 8.08. The quantitative estimate of drug-likeness (QED) is 0.764. The molecule has 1 aliphatic heterocycles. The van der Waals surface area contributed by atoms with Crippen LogP contribution in [0.25, 0.3) is 0 Å². The van der Waals surface area contributed by atoms with E-state index in [1.807, 2.05) is 19.2 Å². The molecule has 1 atom stereocenters. The van der Waals surface area contributed by atoms with Gasteiger partial charge < -0.3 is 5.32 Å². The highest BCUT2D eigenvalue weighted by molar-refractivity contribution is 7.98. The molecule has 1 N–H and O–H groups in total. The number of hydrogen-bond acceptors (Lipinski definition) is 6. The number of aromatic nitrogens is 1. The number of aryl methyl sites for hydroxylation is 1. The van der Waals surface area contributed by atoms with Crippen molar-refractivity contribution in [1.82, 2.24) is 9.29 Å². The highest BCUT2D eigenvalue weighted by Gasteiger charge is 2.34. The zero-order valence-corrected chi connectivity index (χ0v) is 17.1. The predicted octanol–water partition coefficient (Wildman–Crippen LogP) is 3.21. The van der Waals surface area contributed by atoms with Crippen LogP contribution in [0.3, 0.4) is 0 Å². The summed E-state index contributed by atoms with van der Waals surface area (Å²) in [5.41, 5.74) is 0.684. The van der Waals surface area contributed by atoms with Crippen LogP contribution in [-0.2, 0) is 14.8 Å². The zero-order valence-electron chi connectivity index (χ0n) is 14.6. The number of thiophene rings is 1. The van der Waals surface area contributed by atoms with E-state index >= 15 is 0 Å². The first kappa shape index (κ1) is 19.3. The third kappa shape index (κ3) is 4.28. The molecule has 3 heterocycles. The number of sulfonamides is 1. The zero-order chi connectivity index (χ0) is 18.7. The average Bonchev–Trinajstić information content (AvgIpc) is 3.09. The number of amides is 1. The Labute approximate surface area is 162 Å². The van der Waals surface area contributed by atoms with Crippen LogP contribution in [0, 0.1) is 12.8 Å². The Morgan fingerprint density at radius 2 is 2.19 bits per heavy atom. The second-order valence-corrected chi connectivity index (χ2v) is 10.4. The van der Waals surface area contributed by atoms with Gasteiger partial charge in [0.25, 0.3) is 10.0 Å². The number of carbonyl (C=O) groups excluding carboxylic acids is 1. The van der Waals surface area contributed by atoms with Gasteiger partial charge in [-0.1, -0.05) is 0 Å². The summed E-state index contributed by atoms with van der Waals surface area (Å²) in [6.07, 6.45) is 4.93. The van der Waals surface area contributed by atoms with E-state index in [9.17, 15) is 13.2 Å². The lowest BCUT2D eigenvalue weighted by molar-refractivity contribution is -0.120. The molecule has 1 fully saturated rings. The lowest BCUT2D eigenvalue weighted by atomic mass is 9.99. The van der Waals surface area contributed by atoms with Crippen molar-refractivity contribution in [2.45, 2.75) is 29.0 Å². The van der Waals surface area contributed by atoms with Gasteiger partial charge >= 0.3 is 0 Å². The lowest BCUT2D eigenvalue weighted by Gasteiger charge is -2.30. The molecule has 1 aliphatic rings. The van der Waals surface area contributed by atoms with Crippen molar-refractivity contribution in [2.24, 2.45) is 5.92 Å². The number of pyridine rings is 1. The van der Waals surface area contributed by atoms with Crippen LogP contribution in [0.1, 0.15) is 17.7 Å². The number of anilines is 1. The minimum Gasteiger partial charge on any atom is -0.326 e.